The highest BCUT2D eigenvalue weighted by molar-refractivity contribution is 6.30. The number of halogens is 1. The smallest absolute Gasteiger partial charge is 0.0406 e. The van der Waals surface area contributed by atoms with E-state index in [0.717, 1.165) is 11.6 Å². The molecule has 0 saturated heterocycles. The van der Waals surface area contributed by atoms with E-state index in [2.05, 4.69) is 31.3 Å². The van der Waals surface area contributed by atoms with Crippen LogP contribution in [0, 0.1) is 5.41 Å². The minimum absolute atomic E-state index is 0.461. The molecule has 0 spiro atoms. The first-order chi connectivity index (χ1) is 7.65. The Morgan fingerprint density at radius 3 is 2.44 bits per heavy atom. The van der Waals surface area contributed by atoms with Crippen LogP contribution in [0.2, 0.25) is 5.02 Å². The first-order valence-electron chi connectivity index (χ1n) is 6.14. The number of hydrogen-bond donors (Lipinski definition) is 1. The van der Waals surface area contributed by atoms with Crippen LogP contribution < -0.4 is 5.32 Å². The van der Waals surface area contributed by atoms with Crippen molar-refractivity contribution in [1.29, 1.82) is 0 Å². The lowest BCUT2D eigenvalue weighted by atomic mass is 9.91. The third-order valence-corrected chi connectivity index (χ3v) is 3.79. The number of rotatable bonds is 5. The minimum atomic E-state index is 0.461. The van der Waals surface area contributed by atoms with Gasteiger partial charge in [-0.05, 0) is 48.9 Å². The Balaban J connectivity index is 2.14. The van der Waals surface area contributed by atoms with Gasteiger partial charge in [-0.15, -0.1) is 0 Å². The molecule has 0 aliphatic heterocycles. The molecule has 16 heavy (non-hydrogen) atoms. The third-order valence-electron chi connectivity index (χ3n) is 3.54. The fraction of sp³-hybridized carbons (Fsp3) is 0.571. The van der Waals surface area contributed by atoms with Gasteiger partial charge in [0, 0.05) is 11.1 Å². The Hall–Kier alpha value is -0.530. The summed E-state index contributed by atoms with van der Waals surface area (Å²) in [5.74, 6) is 0. The normalized spacial score (nSPS) is 19.4. The zero-order chi connectivity index (χ0) is 11.6. The molecule has 0 aromatic heterocycles. The van der Waals surface area contributed by atoms with Gasteiger partial charge in [-0.3, -0.25) is 0 Å². The molecular weight excluding hydrogens is 218 g/mol. The predicted molar refractivity (Wildman–Crippen MR) is 69.8 cm³/mol. The second-order valence-corrected chi connectivity index (χ2v) is 5.53. The lowest BCUT2D eigenvalue weighted by Crippen LogP contribution is -2.28. The number of nitrogens with one attached hydrogen (secondary N) is 1. The predicted octanol–water partition coefficient (Wildman–Crippen LogP) is 4.18. The van der Waals surface area contributed by atoms with E-state index in [1.807, 2.05) is 12.1 Å². The molecule has 1 unspecified atom stereocenters. The fourth-order valence-electron chi connectivity index (χ4n) is 2.20. The monoisotopic (exact) mass is 237 g/mol. The van der Waals surface area contributed by atoms with Crippen LogP contribution in [0.3, 0.4) is 0 Å². The van der Waals surface area contributed by atoms with Crippen LogP contribution in [0.4, 0.5) is 0 Å². The SMILES string of the molecule is CCCNC(c1ccc(Cl)cc1)C1(C)CC1. The summed E-state index contributed by atoms with van der Waals surface area (Å²) in [4.78, 5) is 0. The average Bonchev–Trinajstić information content (AvgIpc) is 3.00. The standard InChI is InChI=1S/C14H20ClN/c1-3-10-16-13(14(2)8-9-14)11-4-6-12(15)7-5-11/h4-7,13,16H,3,8-10H2,1-2H3. The van der Waals surface area contributed by atoms with Crippen molar-refractivity contribution in [1.82, 2.24) is 5.32 Å². The van der Waals surface area contributed by atoms with Crippen LogP contribution in [0.5, 0.6) is 0 Å². The Kier molecular flexibility index (Phi) is 3.56. The van der Waals surface area contributed by atoms with Crippen LogP contribution >= 0.6 is 11.6 Å². The van der Waals surface area contributed by atoms with Gasteiger partial charge in [-0.25, -0.2) is 0 Å². The molecule has 2 heteroatoms. The van der Waals surface area contributed by atoms with Crippen molar-refractivity contribution in [3.63, 3.8) is 0 Å². The number of benzene rings is 1. The molecule has 0 amide bonds. The summed E-state index contributed by atoms with van der Waals surface area (Å²) in [6.45, 7) is 5.67. The van der Waals surface area contributed by atoms with E-state index in [1.165, 1.54) is 24.8 Å². The Morgan fingerprint density at radius 2 is 1.94 bits per heavy atom. The highest BCUT2D eigenvalue weighted by Crippen LogP contribution is 2.54. The van der Waals surface area contributed by atoms with Gasteiger partial charge in [-0.2, -0.15) is 0 Å². The van der Waals surface area contributed by atoms with Gasteiger partial charge >= 0.3 is 0 Å². The minimum Gasteiger partial charge on any atom is -0.309 e. The molecule has 1 saturated carbocycles. The topological polar surface area (TPSA) is 12.0 Å². The summed E-state index contributed by atoms with van der Waals surface area (Å²) < 4.78 is 0. The average molecular weight is 238 g/mol. The third kappa shape index (κ3) is 2.58. The molecule has 1 aliphatic rings. The molecule has 0 radical (unpaired) electrons. The second-order valence-electron chi connectivity index (χ2n) is 5.09. The van der Waals surface area contributed by atoms with E-state index in [1.54, 1.807) is 0 Å². The summed E-state index contributed by atoms with van der Waals surface area (Å²) in [7, 11) is 0. The Bertz CT molecular complexity index is 340. The molecule has 1 atom stereocenters. The molecule has 1 N–H and O–H groups in total. The van der Waals surface area contributed by atoms with Crippen LogP contribution in [-0.4, -0.2) is 6.54 Å². The highest BCUT2D eigenvalue weighted by Gasteiger charge is 2.45. The van der Waals surface area contributed by atoms with Crippen molar-refractivity contribution >= 4 is 11.6 Å². The molecule has 88 valence electrons. The molecule has 1 aliphatic carbocycles. The van der Waals surface area contributed by atoms with Crippen molar-refractivity contribution in [3.05, 3.63) is 34.9 Å². The summed E-state index contributed by atoms with van der Waals surface area (Å²) in [5, 5.41) is 4.48. The Morgan fingerprint density at radius 1 is 1.31 bits per heavy atom. The molecule has 2 rings (SSSR count). The highest BCUT2D eigenvalue weighted by atomic mass is 35.5. The summed E-state index contributed by atoms with van der Waals surface area (Å²) in [6.07, 6.45) is 3.84. The summed E-state index contributed by atoms with van der Waals surface area (Å²) in [6, 6.07) is 8.77. The van der Waals surface area contributed by atoms with E-state index in [-0.39, 0.29) is 0 Å². The molecule has 1 nitrogen and oxygen atoms in total. The molecule has 1 aromatic rings. The van der Waals surface area contributed by atoms with Gasteiger partial charge in [0.1, 0.15) is 0 Å². The first kappa shape index (κ1) is 11.9. The maximum Gasteiger partial charge on any atom is 0.0406 e. The van der Waals surface area contributed by atoms with Crippen molar-refractivity contribution in [2.75, 3.05) is 6.54 Å². The van der Waals surface area contributed by atoms with Crippen LogP contribution in [-0.2, 0) is 0 Å². The van der Waals surface area contributed by atoms with Crippen molar-refractivity contribution in [2.24, 2.45) is 5.41 Å². The lowest BCUT2D eigenvalue weighted by molar-refractivity contribution is 0.367. The van der Waals surface area contributed by atoms with Gasteiger partial charge < -0.3 is 5.32 Å². The Labute approximate surface area is 103 Å². The van der Waals surface area contributed by atoms with E-state index >= 15 is 0 Å². The summed E-state index contributed by atoms with van der Waals surface area (Å²) in [5.41, 5.74) is 1.83. The summed E-state index contributed by atoms with van der Waals surface area (Å²) >= 11 is 5.93. The maximum absolute atomic E-state index is 5.93. The van der Waals surface area contributed by atoms with E-state index in [0.29, 0.717) is 11.5 Å². The molecule has 0 heterocycles. The number of hydrogen-bond acceptors (Lipinski definition) is 1. The first-order valence-corrected chi connectivity index (χ1v) is 6.52. The van der Waals surface area contributed by atoms with Crippen LogP contribution in [0.15, 0.2) is 24.3 Å². The molecule has 1 fully saturated rings. The fourth-order valence-corrected chi connectivity index (χ4v) is 2.32. The van der Waals surface area contributed by atoms with Gasteiger partial charge in [0.2, 0.25) is 0 Å². The van der Waals surface area contributed by atoms with Crippen molar-refractivity contribution < 1.29 is 0 Å². The van der Waals surface area contributed by atoms with Gasteiger partial charge in [0.15, 0.2) is 0 Å². The molecular formula is C14H20ClN. The zero-order valence-electron chi connectivity index (χ0n) is 10.1. The zero-order valence-corrected chi connectivity index (χ0v) is 10.8. The molecule has 1 aromatic carbocycles. The quantitative estimate of drug-likeness (QED) is 0.810. The second kappa shape index (κ2) is 4.77. The van der Waals surface area contributed by atoms with Crippen molar-refractivity contribution in [3.8, 4) is 0 Å². The largest absolute Gasteiger partial charge is 0.309 e. The van der Waals surface area contributed by atoms with Gasteiger partial charge in [0.05, 0.1) is 0 Å². The maximum atomic E-state index is 5.93. The van der Waals surface area contributed by atoms with E-state index in [4.69, 9.17) is 11.6 Å². The molecule has 0 bridgehead atoms. The van der Waals surface area contributed by atoms with Crippen LogP contribution in [0.1, 0.15) is 44.7 Å². The van der Waals surface area contributed by atoms with Crippen molar-refractivity contribution in [2.45, 2.75) is 39.2 Å². The van der Waals surface area contributed by atoms with E-state index in [9.17, 15) is 0 Å². The van der Waals surface area contributed by atoms with E-state index < -0.39 is 0 Å². The van der Waals surface area contributed by atoms with Gasteiger partial charge in [0.25, 0.3) is 0 Å². The van der Waals surface area contributed by atoms with Crippen LogP contribution in [0.25, 0.3) is 0 Å². The lowest BCUT2D eigenvalue weighted by Gasteiger charge is -2.25. The van der Waals surface area contributed by atoms with Gasteiger partial charge in [-0.1, -0.05) is 37.6 Å².